The van der Waals surface area contributed by atoms with Gasteiger partial charge in [0.1, 0.15) is 24.4 Å². The molecule has 5 heteroatoms. The second-order valence-corrected chi connectivity index (χ2v) is 4.19. The molecule has 0 aliphatic carbocycles. The topological polar surface area (TPSA) is 71.5 Å². The van der Waals surface area contributed by atoms with E-state index in [1.54, 1.807) is 13.8 Å². The van der Waals surface area contributed by atoms with Crippen molar-refractivity contribution in [3.63, 3.8) is 0 Å². The predicted octanol–water partition coefficient (Wildman–Crippen LogP) is -0.742. The van der Waals surface area contributed by atoms with E-state index in [9.17, 15) is 5.11 Å². The molecule has 0 unspecified atom stereocenters. The zero-order valence-electron chi connectivity index (χ0n) is 8.34. The van der Waals surface area contributed by atoms with Crippen molar-refractivity contribution in [2.24, 2.45) is 0 Å². The summed E-state index contributed by atoms with van der Waals surface area (Å²) in [7, 11) is 0. The van der Waals surface area contributed by atoms with Gasteiger partial charge in [0.25, 0.3) is 0 Å². The third-order valence-electron chi connectivity index (χ3n) is 2.46. The smallest absolute Gasteiger partial charge is 0.164 e. The molecule has 2 N–H and O–H groups in total. The molecule has 82 valence electrons. The Labute approximate surface area is 82.6 Å². The number of aliphatic hydroxyl groups is 2. The summed E-state index contributed by atoms with van der Waals surface area (Å²) in [5.41, 5.74) is 0. The van der Waals surface area contributed by atoms with Crippen molar-refractivity contribution in [2.75, 3.05) is 13.2 Å². The molecule has 2 saturated heterocycles. The highest BCUT2D eigenvalue weighted by Crippen LogP contribution is 2.35. The molecule has 0 saturated carbocycles. The van der Waals surface area contributed by atoms with Crippen LogP contribution in [0, 0.1) is 0 Å². The van der Waals surface area contributed by atoms with Crippen LogP contribution in [0.4, 0.5) is 0 Å². The molecule has 0 aromatic heterocycles. The van der Waals surface area contributed by atoms with Crippen molar-refractivity contribution >= 4 is 0 Å². The normalized spacial score (nSPS) is 42.4. The van der Waals surface area contributed by atoms with Gasteiger partial charge in [0.2, 0.25) is 0 Å². The van der Waals surface area contributed by atoms with Gasteiger partial charge in [-0.25, -0.2) is 0 Å². The highest BCUT2D eigenvalue weighted by Gasteiger charge is 2.51. The lowest BCUT2D eigenvalue weighted by Crippen LogP contribution is -2.40. The molecular formula is C9H16O5. The largest absolute Gasteiger partial charge is 0.394 e. The SMILES string of the molecule is CC1(C)O[C@H]([C@H](O)CO)[C@@H]([C@@H]2CO2)O1. The molecule has 2 rings (SSSR count). The maximum absolute atomic E-state index is 9.53. The lowest BCUT2D eigenvalue weighted by Gasteiger charge is -2.19. The van der Waals surface area contributed by atoms with Crippen LogP contribution in [0.1, 0.15) is 13.8 Å². The van der Waals surface area contributed by atoms with E-state index in [0.29, 0.717) is 6.61 Å². The van der Waals surface area contributed by atoms with Crippen LogP contribution in [0.3, 0.4) is 0 Å². The van der Waals surface area contributed by atoms with Crippen LogP contribution >= 0.6 is 0 Å². The summed E-state index contributed by atoms with van der Waals surface area (Å²) in [5, 5.41) is 18.4. The number of rotatable bonds is 3. The molecule has 0 aromatic carbocycles. The summed E-state index contributed by atoms with van der Waals surface area (Å²) in [4.78, 5) is 0. The Balaban J connectivity index is 2.05. The van der Waals surface area contributed by atoms with E-state index in [4.69, 9.17) is 19.3 Å². The maximum Gasteiger partial charge on any atom is 0.164 e. The molecule has 2 aliphatic rings. The molecule has 2 aliphatic heterocycles. The summed E-state index contributed by atoms with van der Waals surface area (Å²) in [6.07, 6.45) is -1.68. The molecule has 5 nitrogen and oxygen atoms in total. The first kappa shape index (κ1) is 10.3. The van der Waals surface area contributed by atoms with Gasteiger partial charge in [-0.05, 0) is 13.8 Å². The second kappa shape index (κ2) is 3.43. The fraction of sp³-hybridized carbons (Fsp3) is 1.00. The van der Waals surface area contributed by atoms with Crippen molar-refractivity contribution in [3.8, 4) is 0 Å². The van der Waals surface area contributed by atoms with Crippen molar-refractivity contribution in [2.45, 2.75) is 44.1 Å². The monoisotopic (exact) mass is 204 g/mol. The zero-order valence-corrected chi connectivity index (χ0v) is 8.34. The molecule has 0 bridgehead atoms. The van der Waals surface area contributed by atoms with Gasteiger partial charge in [-0.1, -0.05) is 0 Å². The van der Waals surface area contributed by atoms with Gasteiger partial charge in [0, 0.05) is 0 Å². The summed E-state index contributed by atoms with van der Waals surface area (Å²) in [6, 6.07) is 0. The molecule has 0 aromatic rings. The van der Waals surface area contributed by atoms with Gasteiger partial charge in [-0.2, -0.15) is 0 Å². The Morgan fingerprint density at radius 2 is 2.07 bits per heavy atom. The van der Waals surface area contributed by atoms with Crippen LogP contribution in [0.2, 0.25) is 0 Å². The van der Waals surface area contributed by atoms with Crippen molar-refractivity contribution in [1.82, 2.24) is 0 Å². The minimum absolute atomic E-state index is 0.00275. The number of aliphatic hydroxyl groups excluding tert-OH is 2. The van der Waals surface area contributed by atoms with Gasteiger partial charge in [0.05, 0.1) is 13.2 Å². The Kier molecular flexibility index (Phi) is 2.53. The first-order valence-corrected chi connectivity index (χ1v) is 4.79. The second-order valence-electron chi connectivity index (χ2n) is 4.19. The zero-order chi connectivity index (χ0) is 10.3. The quantitative estimate of drug-likeness (QED) is 0.592. The fourth-order valence-electron chi connectivity index (χ4n) is 1.75. The first-order valence-electron chi connectivity index (χ1n) is 4.79. The van der Waals surface area contributed by atoms with E-state index in [0.717, 1.165) is 0 Å². The lowest BCUT2D eigenvalue weighted by molar-refractivity contribution is -0.158. The maximum atomic E-state index is 9.53. The fourth-order valence-corrected chi connectivity index (χ4v) is 1.75. The summed E-state index contributed by atoms with van der Waals surface area (Å²) in [6.45, 7) is 3.88. The highest BCUT2D eigenvalue weighted by atomic mass is 16.8. The third-order valence-corrected chi connectivity index (χ3v) is 2.46. The van der Waals surface area contributed by atoms with Gasteiger partial charge < -0.3 is 24.4 Å². The van der Waals surface area contributed by atoms with Gasteiger partial charge in [-0.15, -0.1) is 0 Å². The third kappa shape index (κ3) is 1.92. The van der Waals surface area contributed by atoms with E-state index in [-0.39, 0.29) is 18.8 Å². The van der Waals surface area contributed by atoms with Crippen LogP contribution in [0.15, 0.2) is 0 Å². The van der Waals surface area contributed by atoms with Gasteiger partial charge >= 0.3 is 0 Å². The van der Waals surface area contributed by atoms with Crippen LogP contribution in [0.5, 0.6) is 0 Å². The highest BCUT2D eigenvalue weighted by molar-refractivity contribution is 4.95. The first-order chi connectivity index (χ1) is 6.53. The minimum Gasteiger partial charge on any atom is -0.394 e. The van der Waals surface area contributed by atoms with Crippen molar-refractivity contribution in [3.05, 3.63) is 0 Å². The van der Waals surface area contributed by atoms with Gasteiger partial charge in [-0.3, -0.25) is 0 Å². The van der Waals surface area contributed by atoms with Gasteiger partial charge in [0.15, 0.2) is 5.79 Å². The Morgan fingerprint density at radius 1 is 1.43 bits per heavy atom. The average Bonchev–Trinajstić information content (AvgIpc) is 2.89. The van der Waals surface area contributed by atoms with Crippen molar-refractivity contribution in [1.29, 1.82) is 0 Å². The Bertz CT molecular complexity index is 213. The molecule has 0 radical (unpaired) electrons. The van der Waals surface area contributed by atoms with E-state index in [1.807, 2.05) is 0 Å². The molecule has 14 heavy (non-hydrogen) atoms. The van der Waals surface area contributed by atoms with Crippen LogP contribution in [0.25, 0.3) is 0 Å². The predicted molar refractivity (Wildman–Crippen MR) is 46.7 cm³/mol. The summed E-state index contributed by atoms with van der Waals surface area (Å²) in [5.74, 6) is -0.711. The number of ether oxygens (including phenoxy) is 3. The molecule has 0 amide bonds. The van der Waals surface area contributed by atoms with E-state index in [2.05, 4.69) is 0 Å². The Hall–Kier alpha value is -0.200. The van der Waals surface area contributed by atoms with E-state index in [1.165, 1.54) is 0 Å². The molecule has 0 spiro atoms. The molecular weight excluding hydrogens is 188 g/mol. The standard InChI is InChI=1S/C9H16O5/c1-9(2)13-7(5(11)3-10)8(14-9)6-4-12-6/h5-8,10-11H,3-4H2,1-2H3/t5-,6+,7-,8-/m1/s1. The summed E-state index contributed by atoms with van der Waals surface area (Å²) < 4.78 is 16.2. The molecule has 2 fully saturated rings. The van der Waals surface area contributed by atoms with Crippen LogP contribution < -0.4 is 0 Å². The summed E-state index contributed by atoms with van der Waals surface area (Å²) >= 11 is 0. The number of epoxide rings is 1. The number of hydrogen-bond acceptors (Lipinski definition) is 5. The number of hydrogen-bond donors (Lipinski definition) is 2. The van der Waals surface area contributed by atoms with Crippen molar-refractivity contribution < 1.29 is 24.4 Å². The molecule has 4 atom stereocenters. The minimum atomic E-state index is -0.911. The average molecular weight is 204 g/mol. The van der Waals surface area contributed by atoms with Crippen LogP contribution in [-0.4, -0.2) is 53.6 Å². The van der Waals surface area contributed by atoms with E-state index >= 15 is 0 Å². The van der Waals surface area contributed by atoms with Crippen LogP contribution in [-0.2, 0) is 14.2 Å². The lowest BCUT2D eigenvalue weighted by atomic mass is 10.1. The Morgan fingerprint density at radius 3 is 2.57 bits per heavy atom. The molecule has 2 heterocycles. The van der Waals surface area contributed by atoms with E-state index < -0.39 is 18.0 Å².